The van der Waals surface area contributed by atoms with Gasteiger partial charge in [-0.15, -0.1) is 0 Å². The predicted molar refractivity (Wildman–Crippen MR) is 143 cm³/mol. The average molecular weight is 527 g/mol. The van der Waals surface area contributed by atoms with Gasteiger partial charge < -0.3 is 25.0 Å². The lowest BCUT2D eigenvalue weighted by Crippen LogP contribution is -2.19. The zero-order valence-electron chi connectivity index (χ0n) is 20.8. The highest BCUT2D eigenvalue weighted by atomic mass is 32.2. The summed E-state index contributed by atoms with van der Waals surface area (Å²) in [5.41, 5.74) is 0.407. The van der Waals surface area contributed by atoms with Crippen molar-refractivity contribution in [3.63, 3.8) is 0 Å². The largest absolute Gasteiger partial charge is 0.493 e. The molecule has 196 valence electrons. The number of carbonyl (C=O) groups is 3. The first kappa shape index (κ1) is 27.8. The van der Waals surface area contributed by atoms with E-state index in [0.29, 0.717) is 23.0 Å². The molecule has 1 heterocycles. The first-order valence-corrected chi connectivity index (χ1v) is 12.8. The van der Waals surface area contributed by atoms with Gasteiger partial charge in [0, 0.05) is 0 Å². The zero-order valence-corrected chi connectivity index (χ0v) is 21.6. The summed E-state index contributed by atoms with van der Waals surface area (Å²) in [6.45, 7) is 2.80. The van der Waals surface area contributed by atoms with Crippen LogP contribution >= 0.6 is 11.8 Å². The molecule has 0 saturated carbocycles. The van der Waals surface area contributed by atoms with Crippen LogP contribution in [0.5, 0.6) is 11.5 Å². The van der Waals surface area contributed by atoms with Gasteiger partial charge >= 0.3 is 11.9 Å². The fraction of sp³-hybridized carbons (Fsp3) is 0.333. The molecule has 2 aromatic rings. The van der Waals surface area contributed by atoms with E-state index in [1.54, 1.807) is 25.3 Å². The number of amidine groups is 1. The molecule has 0 spiro atoms. The maximum absolute atomic E-state index is 12.5. The fourth-order valence-corrected chi connectivity index (χ4v) is 4.47. The summed E-state index contributed by atoms with van der Waals surface area (Å²) in [5.74, 6) is -1.73. The molecular formula is C27H30N2O7S. The lowest BCUT2D eigenvalue weighted by Gasteiger charge is -2.11. The number of methoxy groups -OCH3 is 1. The second-order valence-corrected chi connectivity index (χ2v) is 9.42. The molecule has 0 radical (unpaired) electrons. The molecule has 0 atom stereocenters. The number of ether oxygens (including phenoxy) is 2. The molecular weight excluding hydrogens is 496 g/mol. The number of unbranched alkanes of at least 4 members (excludes halogenated alkanes) is 5. The number of amides is 1. The van der Waals surface area contributed by atoms with E-state index in [2.05, 4.69) is 17.2 Å². The van der Waals surface area contributed by atoms with Gasteiger partial charge in [0.1, 0.15) is 0 Å². The second kappa shape index (κ2) is 13.5. The van der Waals surface area contributed by atoms with E-state index < -0.39 is 11.9 Å². The predicted octanol–water partition coefficient (Wildman–Crippen LogP) is 5.72. The maximum atomic E-state index is 12.5. The fourth-order valence-electron chi connectivity index (χ4n) is 3.63. The van der Waals surface area contributed by atoms with Crippen LogP contribution in [0.3, 0.4) is 0 Å². The van der Waals surface area contributed by atoms with Crippen molar-refractivity contribution >= 4 is 46.5 Å². The number of carboxylic acids is 2. The van der Waals surface area contributed by atoms with E-state index in [1.165, 1.54) is 37.8 Å². The van der Waals surface area contributed by atoms with Crippen LogP contribution in [0.4, 0.5) is 5.69 Å². The van der Waals surface area contributed by atoms with Crippen LogP contribution < -0.4 is 14.8 Å². The van der Waals surface area contributed by atoms with Gasteiger partial charge in [0.2, 0.25) is 0 Å². The molecule has 3 rings (SSSR count). The molecule has 0 aliphatic carbocycles. The summed E-state index contributed by atoms with van der Waals surface area (Å²) in [7, 11) is 1.56. The summed E-state index contributed by atoms with van der Waals surface area (Å²) in [5, 5.41) is 21.3. The van der Waals surface area contributed by atoms with Gasteiger partial charge in [-0.05, 0) is 60.2 Å². The molecule has 0 unspecified atom stereocenters. The van der Waals surface area contributed by atoms with Crippen LogP contribution in [0.25, 0.3) is 6.08 Å². The first-order chi connectivity index (χ1) is 17.8. The van der Waals surface area contributed by atoms with Crippen molar-refractivity contribution in [3.05, 3.63) is 58.0 Å². The Morgan fingerprint density at radius 2 is 1.65 bits per heavy atom. The second-order valence-electron chi connectivity index (χ2n) is 8.39. The highest BCUT2D eigenvalue weighted by Crippen LogP contribution is 2.32. The summed E-state index contributed by atoms with van der Waals surface area (Å²) < 4.78 is 11.4. The van der Waals surface area contributed by atoms with Crippen molar-refractivity contribution in [2.45, 2.75) is 45.4 Å². The Balaban J connectivity index is 1.69. The Morgan fingerprint density at radius 3 is 2.30 bits per heavy atom. The first-order valence-electron chi connectivity index (χ1n) is 12.0. The molecule has 0 aromatic heterocycles. The van der Waals surface area contributed by atoms with E-state index >= 15 is 0 Å². The molecule has 9 nitrogen and oxygen atoms in total. The number of aromatic carboxylic acids is 2. The van der Waals surface area contributed by atoms with Crippen molar-refractivity contribution in [1.82, 2.24) is 5.32 Å². The third-order valence-corrected chi connectivity index (χ3v) is 6.44. The zero-order chi connectivity index (χ0) is 26.8. The number of aliphatic imine (C=N–C) groups is 1. The lowest BCUT2D eigenvalue weighted by molar-refractivity contribution is -0.115. The van der Waals surface area contributed by atoms with Crippen LogP contribution in [0.2, 0.25) is 0 Å². The number of nitrogens with zero attached hydrogens (tertiary/aromatic N) is 1. The number of hydrogen-bond donors (Lipinski definition) is 3. The number of carboxylic acid groups (broad SMARTS) is 2. The van der Waals surface area contributed by atoms with E-state index in [9.17, 15) is 24.6 Å². The summed E-state index contributed by atoms with van der Waals surface area (Å²) in [6, 6.07) is 8.94. The minimum absolute atomic E-state index is 0.106. The SMILES string of the molecule is CCCCCCCCOc1ccc(/C=C2\SC(=Nc3cc(C(=O)O)cc(C(=O)O)c3)NC2=O)cc1OC. The van der Waals surface area contributed by atoms with E-state index in [0.717, 1.165) is 36.2 Å². The summed E-state index contributed by atoms with van der Waals surface area (Å²) in [6.07, 6.45) is 8.72. The van der Waals surface area contributed by atoms with Crippen molar-refractivity contribution in [2.24, 2.45) is 4.99 Å². The highest BCUT2D eigenvalue weighted by Gasteiger charge is 2.24. The van der Waals surface area contributed by atoms with Crippen LogP contribution in [0.1, 0.15) is 71.7 Å². The number of hydrogen-bond acceptors (Lipinski definition) is 7. The molecule has 1 fully saturated rings. The third-order valence-electron chi connectivity index (χ3n) is 5.53. The van der Waals surface area contributed by atoms with Gasteiger partial charge in [0.15, 0.2) is 16.7 Å². The Kier molecular flexibility index (Phi) is 10.1. The van der Waals surface area contributed by atoms with Crippen molar-refractivity contribution < 1.29 is 34.1 Å². The van der Waals surface area contributed by atoms with Crippen molar-refractivity contribution in [3.8, 4) is 11.5 Å². The van der Waals surface area contributed by atoms with Crippen molar-refractivity contribution in [1.29, 1.82) is 0 Å². The van der Waals surface area contributed by atoms with Crippen LogP contribution in [0, 0.1) is 0 Å². The number of rotatable bonds is 13. The number of benzene rings is 2. The maximum Gasteiger partial charge on any atom is 0.335 e. The van der Waals surface area contributed by atoms with Gasteiger partial charge in [0.05, 0.1) is 35.4 Å². The topological polar surface area (TPSA) is 135 Å². The number of nitrogens with one attached hydrogen (secondary N) is 1. The third kappa shape index (κ3) is 8.11. The van der Waals surface area contributed by atoms with Crippen LogP contribution in [0.15, 0.2) is 46.3 Å². The van der Waals surface area contributed by atoms with Gasteiger partial charge in [-0.2, -0.15) is 0 Å². The van der Waals surface area contributed by atoms with E-state index in [4.69, 9.17) is 9.47 Å². The Bertz CT molecular complexity index is 1190. The molecule has 0 bridgehead atoms. The van der Waals surface area contributed by atoms with Gasteiger partial charge in [-0.25, -0.2) is 14.6 Å². The van der Waals surface area contributed by atoms with Gasteiger partial charge in [0.25, 0.3) is 5.91 Å². The van der Waals surface area contributed by atoms with Crippen LogP contribution in [-0.4, -0.2) is 46.9 Å². The summed E-state index contributed by atoms with van der Waals surface area (Å²) >= 11 is 1.06. The van der Waals surface area contributed by atoms with Crippen LogP contribution in [-0.2, 0) is 4.79 Å². The molecule has 1 aliphatic rings. The smallest absolute Gasteiger partial charge is 0.335 e. The molecule has 1 saturated heterocycles. The lowest BCUT2D eigenvalue weighted by atomic mass is 10.1. The minimum atomic E-state index is -1.28. The monoisotopic (exact) mass is 526 g/mol. The van der Waals surface area contributed by atoms with E-state index in [-0.39, 0.29) is 27.9 Å². The minimum Gasteiger partial charge on any atom is -0.493 e. The molecule has 1 amide bonds. The Hall–Kier alpha value is -3.79. The standard InChI is InChI=1S/C27H30N2O7S/c1-3-4-5-6-7-8-11-36-21-10-9-17(12-22(21)35-2)13-23-24(30)29-27(37-23)28-20-15-18(25(31)32)14-19(16-20)26(33)34/h9-10,12-16H,3-8,11H2,1-2H3,(H,31,32)(H,33,34)(H,28,29,30)/b23-13-. The summed E-state index contributed by atoms with van der Waals surface area (Å²) in [4.78, 5) is 39.8. The normalized spacial score (nSPS) is 15.1. The molecule has 1 aliphatic heterocycles. The van der Waals surface area contributed by atoms with Gasteiger partial charge in [-0.1, -0.05) is 45.1 Å². The average Bonchev–Trinajstić information content (AvgIpc) is 3.21. The number of carbonyl (C=O) groups excluding carboxylic acids is 1. The van der Waals surface area contributed by atoms with E-state index in [1.807, 2.05) is 6.07 Å². The Labute approximate surface area is 219 Å². The van der Waals surface area contributed by atoms with Crippen molar-refractivity contribution in [2.75, 3.05) is 13.7 Å². The molecule has 37 heavy (non-hydrogen) atoms. The molecule has 3 N–H and O–H groups in total. The molecule has 10 heteroatoms. The Morgan fingerprint density at radius 1 is 0.973 bits per heavy atom. The molecule has 2 aromatic carbocycles. The van der Waals surface area contributed by atoms with Gasteiger partial charge in [-0.3, -0.25) is 4.79 Å². The number of thioether (sulfide) groups is 1. The quantitative estimate of drug-likeness (QED) is 0.223. The highest BCUT2D eigenvalue weighted by molar-refractivity contribution is 8.18.